The highest BCUT2D eigenvalue weighted by atomic mass is 16.4. The van der Waals surface area contributed by atoms with Gasteiger partial charge in [-0.3, -0.25) is 0 Å². The number of carboxylic acids is 1. The van der Waals surface area contributed by atoms with Crippen molar-refractivity contribution >= 4 is 5.97 Å². The van der Waals surface area contributed by atoms with Crippen LogP contribution in [0.3, 0.4) is 0 Å². The first kappa shape index (κ1) is 13.3. The maximum absolute atomic E-state index is 10.8. The molecular formula is C12H16O5. The van der Waals surface area contributed by atoms with E-state index in [4.69, 9.17) is 5.11 Å². The Morgan fingerprint density at radius 1 is 1.29 bits per heavy atom. The summed E-state index contributed by atoms with van der Waals surface area (Å²) >= 11 is 0. The van der Waals surface area contributed by atoms with Crippen molar-refractivity contribution < 1.29 is 25.2 Å². The van der Waals surface area contributed by atoms with Gasteiger partial charge in [-0.05, 0) is 31.0 Å². The Kier molecular flexibility index (Phi) is 3.63. The number of benzene rings is 1. The monoisotopic (exact) mass is 240 g/mol. The molecule has 0 fully saturated rings. The Balaban J connectivity index is 3.44. The first-order valence-electron chi connectivity index (χ1n) is 5.24. The summed E-state index contributed by atoms with van der Waals surface area (Å²) in [4.78, 5) is 10.8. The number of carboxylic acid groups (broad SMARTS) is 1. The highest BCUT2D eigenvalue weighted by Crippen LogP contribution is 2.37. The van der Waals surface area contributed by atoms with E-state index in [1.807, 2.05) is 0 Å². The van der Waals surface area contributed by atoms with Gasteiger partial charge in [-0.25, -0.2) is 4.79 Å². The van der Waals surface area contributed by atoms with Crippen LogP contribution in [0.1, 0.15) is 41.3 Å². The average Bonchev–Trinajstić information content (AvgIpc) is 2.21. The summed E-state index contributed by atoms with van der Waals surface area (Å²) in [6.45, 7) is 4.87. The molecule has 2 atom stereocenters. The van der Waals surface area contributed by atoms with Crippen LogP contribution in [0.4, 0.5) is 0 Å². The molecule has 94 valence electrons. The van der Waals surface area contributed by atoms with Crippen LogP contribution in [0.5, 0.6) is 11.5 Å². The first-order chi connectivity index (χ1) is 7.77. The fraction of sp³-hybridized carbons (Fsp3) is 0.417. The van der Waals surface area contributed by atoms with E-state index < -0.39 is 29.1 Å². The highest BCUT2D eigenvalue weighted by Gasteiger charge is 2.23. The predicted octanol–water partition coefficient (Wildman–Crippen LogP) is 1.59. The van der Waals surface area contributed by atoms with Gasteiger partial charge in [-0.15, -0.1) is 0 Å². The standard InChI is InChI=1S/C12H16O5/c1-5(7(3)13)8-4-9(14)10(12(16)17)11(15)6(8)2/h4-5,7,13-15H,1-3H3,(H,16,17)/t5-,7-/m0/s1. The molecule has 1 rings (SSSR count). The van der Waals surface area contributed by atoms with Gasteiger partial charge in [0, 0.05) is 5.92 Å². The predicted molar refractivity (Wildman–Crippen MR) is 61.6 cm³/mol. The number of rotatable bonds is 3. The van der Waals surface area contributed by atoms with E-state index in [-0.39, 0.29) is 5.92 Å². The summed E-state index contributed by atoms with van der Waals surface area (Å²) in [5.74, 6) is -2.66. The first-order valence-corrected chi connectivity index (χ1v) is 5.24. The fourth-order valence-corrected chi connectivity index (χ4v) is 1.72. The molecule has 0 amide bonds. The number of carbonyl (C=O) groups is 1. The summed E-state index contributed by atoms with van der Waals surface area (Å²) in [6, 6.07) is 1.27. The van der Waals surface area contributed by atoms with Gasteiger partial charge in [0.15, 0.2) is 0 Å². The van der Waals surface area contributed by atoms with Crippen LogP contribution in [0, 0.1) is 6.92 Å². The maximum Gasteiger partial charge on any atom is 0.343 e. The van der Waals surface area contributed by atoms with E-state index in [1.54, 1.807) is 20.8 Å². The van der Waals surface area contributed by atoms with Crippen LogP contribution in [0.2, 0.25) is 0 Å². The zero-order valence-electron chi connectivity index (χ0n) is 9.93. The van der Waals surface area contributed by atoms with E-state index >= 15 is 0 Å². The number of hydrogen-bond acceptors (Lipinski definition) is 4. The molecule has 4 N–H and O–H groups in total. The SMILES string of the molecule is Cc1c([C@@H](C)[C@H](C)O)cc(O)c(C(=O)O)c1O. The molecule has 0 spiro atoms. The quantitative estimate of drug-likeness (QED) is 0.643. The third kappa shape index (κ3) is 2.34. The minimum Gasteiger partial charge on any atom is -0.507 e. The van der Waals surface area contributed by atoms with Crippen LogP contribution in [0.25, 0.3) is 0 Å². The maximum atomic E-state index is 10.8. The van der Waals surface area contributed by atoms with Crippen molar-refractivity contribution in [1.82, 2.24) is 0 Å². The van der Waals surface area contributed by atoms with Gasteiger partial charge in [0.25, 0.3) is 0 Å². The summed E-state index contributed by atoms with van der Waals surface area (Å²) in [6.07, 6.45) is -0.664. The molecule has 0 bridgehead atoms. The minimum absolute atomic E-state index is 0.311. The van der Waals surface area contributed by atoms with Gasteiger partial charge in [-0.1, -0.05) is 6.92 Å². The van der Waals surface area contributed by atoms with Gasteiger partial charge >= 0.3 is 5.97 Å². The van der Waals surface area contributed by atoms with Crippen molar-refractivity contribution in [1.29, 1.82) is 0 Å². The molecule has 1 aromatic rings. The third-order valence-corrected chi connectivity index (χ3v) is 3.00. The fourth-order valence-electron chi connectivity index (χ4n) is 1.72. The Bertz CT molecular complexity index is 451. The van der Waals surface area contributed by atoms with Crippen molar-refractivity contribution in [3.63, 3.8) is 0 Å². The van der Waals surface area contributed by atoms with Gasteiger partial charge in [0.05, 0.1) is 6.10 Å². The smallest absolute Gasteiger partial charge is 0.343 e. The normalized spacial score (nSPS) is 14.4. The number of aliphatic hydroxyl groups is 1. The van der Waals surface area contributed by atoms with Crippen LogP contribution in [-0.2, 0) is 0 Å². The Labute approximate surface area is 99.0 Å². The molecule has 0 heterocycles. The van der Waals surface area contributed by atoms with Gasteiger partial charge in [-0.2, -0.15) is 0 Å². The van der Waals surface area contributed by atoms with E-state index in [0.29, 0.717) is 11.1 Å². The van der Waals surface area contributed by atoms with Crippen LogP contribution in [0.15, 0.2) is 6.07 Å². The van der Waals surface area contributed by atoms with Crippen LogP contribution in [-0.4, -0.2) is 32.5 Å². The lowest BCUT2D eigenvalue weighted by atomic mass is 9.90. The Hall–Kier alpha value is -1.75. The number of aliphatic hydroxyl groups excluding tert-OH is 1. The van der Waals surface area contributed by atoms with Crippen LogP contribution >= 0.6 is 0 Å². The number of hydrogen-bond donors (Lipinski definition) is 4. The van der Waals surface area contributed by atoms with Crippen molar-refractivity contribution in [3.05, 3.63) is 22.8 Å². The van der Waals surface area contributed by atoms with Crippen molar-refractivity contribution in [2.24, 2.45) is 0 Å². The highest BCUT2D eigenvalue weighted by molar-refractivity contribution is 5.94. The summed E-state index contributed by atoms with van der Waals surface area (Å²) < 4.78 is 0. The molecule has 1 aromatic carbocycles. The summed E-state index contributed by atoms with van der Waals surface area (Å²) in [5, 5.41) is 37.6. The van der Waals surface area contributed by atoms with Gasteiger partial charge in [0.1, 0.15) is 17.1 Å². The Morgan fingerprint density at radius 3 is 2.24 bits per heavy atom. The van der Waals surface area contributed by atoms with Crippen molar-refractivity contribution in [2.45, 2.75) is 32.8 Å². The zero-order valence-corrected chi connectivity index (χ0v) is 9.93. The number of aromatic hydroxyl groups is 2. The number of aromatic carboxylic acids is 1. The second-order valence-electron chi connectivity index (χ2n) is 4.17. The minimum atomic E-state index is -1.39. The largest absolute Gasteiger partial charge is 0.507 e. The molecule has 0 aromatic heterocycles. The number of phenols is 2. The van der Waals surface area contributed by atoms with E-state index in [1.165, 1.54) is 6.07 Å². The van der Waals surface area contributed by atoms with Crippen molar-refractivity contribution in [2.75, 3.05) is 0 Å². The third-order valence-electron chi connectivity index (χ3n) is 3.00. The molecule has 0 aliphatic rings. The van der Waals surface area contributed by atoms with Gasteiger partial charge < -0.3 is 20.4 Å². The molecule has 5 nitrogen and oxygen atoms in total. The van der Waals surface area contributed by atoms with Crippen LogP contribution < -0.4 is 0 Å². The molecule has 0 saturated heterocycles. The van der Waals surface area contributed by atoms with E-state index in [0.717, 1.165) is 0 Å². The molecule has 0 unspecified atom stereocenters. The molecule has 5 heteroatoms. The summed E-state index contributed by atoms with van der Waals surface area (Å²) in [7, 11) is 0. The lowest BCUT2D eigenvalue weighted by Crippen LogP contribution is -2.13. The second kappa shape index (κ2) is 4.63. The molecule has 0 aliphatic heterocycles. The van der Waals surface area contributed by atoms with Crippen molar-refractivity contribution in [3.8, 4) is 11.5 Å². The van der Waals surface area contributed by atoms with E-state index in [9.17, 15) is 20.1 Å². The average molecular weight is 240 g/mol. The van der Waals surface area contributed by atoms with Gasteiger partial charge in [0.2, 0.25) is 0 Å². The molecular weight excluding hydrogens is 224 g/mol. The molecule has 0 radical (unpaired) electrons. The zero-order chi connectivity index (χ0) is 13.3. The second-order valence-corrected chi connectivity index (χ2v) is 4.17. The topological polar surface area (TPSA) is 98.0 Å². The molecule has 0 saturated carbocycles. The molecule has 17 heavy (non-hydrogen) atoms. The van der Waals surface area contributed by atoms with E-state index in [2.05, 4.69) is 0 Å². The Morgan fingerprint density at radius 2 is 1.82 bits per heavy atom. The molecule has 0 aliphatic carbocycles. The lowest BCUT2D eigenvalue weighted by Gasteiger charge is -2.19. The lowest BCUT2D eigenvalue weighted by molar-refractivity contribution is 0.0690. The summed E-state index contributed by atoms with van der Waals surface area (Å²) in [5.41, 5.74) is 0.373.